The Hall–Kier alpha value is -2.04. The number of rotatable bonds is 5. The molecule has 2 aromatic carbocycles. The summed E-state index contributed by atoms with van der Waals surface area (Å²) in [6.45, 7) is 0.556. The number of aliphatic hydroxyl groups is 1. The Bertz CT molecular complexity index is 617. The summed E-state index contributed by atoms with van der Waals surface area (Å²) in [4.78, 5) is 14.1. The van der Waals surface area contributed by atoms with Gasteiger partial charge in [-0.25, -0.2) is 0 Å². The van der Waals surface area contributed by atoms with Crippen molar-refractivity contribution in [3.8, 4) is 0 Å². The number of aliphatic hydroxyl groups excluding tert-OH is 1. The van der Waals surface area contributed by atoms with Gasteiger partial charge in [0.05, 0.1) is 17.2 Å². The molecule has 5 heteroatoms. The van der Waals surface area contributed by atoms with E-state index in [1.54, 1.807) is 23.1 Å². The Labute approximate surface area is 128 Å². The van der Waals surface area contributed by atoms with Gasteiger partial charge in [0.15, 0.2) is 0 Å². The molecule has 0 radical (unpaired) electrons. The molecule has 0 unspecified atom stereocenters. The molecular formula is C16H17ClN2O2. The van der Waals surface area contributed by atoms with Gasteiger partial charge in [-0.15, -0.1) is 0 Å². The first-order chi connectivity index (χ1) is 10.1. The van der Waals surface area contributed by atoms with Crippen LogP contribution in [0.5, 0.6) is 0 Å². The van der Waals surface area contributed by atoms with Gasteiger partial charge in [0.25, 0.3) is 5.91 Å². The summed E-state index contributed by atoms with van der Waals surface area (Å²) in [7, 11) is 0. The van der Waals surface area contributed by atoms with Crippen LogP contribution in [0.4, 0.5) is 5.69 Å². The van der Waals surface area contributed by atoms with Crippen molar-refractivity contribution in [2.75, 3.05) is 18.9 Å². The Kier molecular flexibility index (Phi) is 5.20. The van der Waals surface area contributed by atoms with Gasteiger partial charge < -0.3 is 15.7 Å². The average molecular weight is 305 g/mol. The van der Waals surface area contributed by atoms with Crippen LogP contribution in [0, 0.1) is 0 Å². The predicted octanol–water partition coefficient (Wildman–Crippen LogP) is 2.56. The van der Waals surface area contributed by atoms with Gasteiger partial charge in [-0.05, 0) is 23.8 Å². The Morgan fingerprint density at radius 2 is 1.90 bits per heavy atom. The van der Waals surface area contributed by atoms with Crippen LogP contribution in [-0.4, -0.2) is 29.1 Å². The summed E-state index contributed by atoms with van der Waals surface area (Å²) < 4.78 is 0. The van der Waals surface area contributed by atoms with Crippen molar-refractivity contribution in [3.05, 3.63) is 64.7 Å². The maximum Gasteiger partial charge on any atom is 0.255 e. The fourth-order valence-corrected chi connectivity index (χ4v) is 2.32. The zero-order valence-corrected chi connectivity index (χ0v) is 12.3. The third kappa shape index (κ3) is 3.97. The molecule has 21 heavy (non-hydrogen) atoms. The van der Waals surface area contributed by atoms with E-state index in [0.717, 1.165) is 5.56 Å². The van der Waals surface area contributed by atoms with E-state index in [0.29, 0.717) is 22.8 Å². The van der Waals surface area contributed by atoms with Crippen LogP contribution in [-0.2, 0) is 6.54 Å². The topological polar surface area (TPSA) is 66.6 Å². The molecule has 0 aliphatic carbocycles. The minimum absolute atomic E-state index is 0.106. The maximum atomic E-state index is 12.6. The zero-order chi connectivity index (χ0) is 15.2. The van der Waals surface area contributed by atoms with Crippen LogP contribution < -0.4 is 5.73 Å². The largest absolute Gasteiger partial charge is 0.399 e. The van der Waals surface area contributed by atoms with Crippen LogP contribution in [0.25, 0.3) is 0 Å². The van der Waals surface area contributed by atoms with E-state index in [4.69, 9.17) is 17.3 Å². The fourth-order valence-electron chi connectivity index (χ4n) is 2.05. The molecule has 0 spiro atoms. The van der Waals surface area contributed by atoms with E-state index in [-0.39, 0.29) is 19.1 Å². The van der Waals surface area contributed by atoms with Crippen molar-refractivity contribution in [2.45, 2.75) is 6.54 Å². The lowest BCUT2D eigenvalue weighted by Crippen LogP contribution is -2.33. The SMILES string of the molecule is Nc1ccc(C(=O)N(CCO)Cc2ccccc2)c(Cl)c1. The lowest BCUT2D eigenvalue weighted by atomic mass is 10.1. The van der Waals surface area contributed by atoms with Crippen molar-refractivity contribution in [1.29, 1.82) is 0 Å². The molecule has 0 aromatic heterocycles. The summed E-state index contributed by atoms with van der Waals surface area (Å²) >= 11 is 6.08. The highest BCUT2D eigenvalue weighted by Crippen LogP contribution is 2.21. The smallest absolute Gasteiger partial charge is 0.255 e. The highest BCUT2D eigenvalue weighted by molar-refractivity contribution is 6.34. The molecule has 0 bridgehead atoms. The second-order valence-corrected chi connectivity index (χ2v) is 5.08. The van der Waals surface area contributed by atoms with Crippen LogP contribution >= 0.6 is 11.6 Å². The molecule has 0 atom stereocenters. The highest BCUT2D eigenvalue weighted by Gasteiger charge is 2.18. The van der Waals surface area contributed by atoms with Crippen LogP contribution in [0.2, 0.25) is 5.02 Å². The van der Waals surface area contributed by atoms with Gasteiger partial charge in [-0.1, -0.05) is 41.9 Å². The van der Waals surface area contributed by atoms with Crippen molar-refractivity contribution >= 4 is 23.2 Å². The third-order valence-corrected chi connectivity index (χ3v) is 3.41. The number of halogens is 1. The molecule has 0 fully saturated rings. The quantitative estimate of drug-likeness (QED) is 0.834. The van der Waals surface area contributed by atoms with E-state index in [9.17, 15) is 9.90 Å². The Morgan fingerprint density at radius 3 is 2.52 bits per heavy atom. The van der Waals surface area contributed by atoms with Gasteiger partial charge in [0, 0.05) is 18.8 Å². The van der Waals surface area contributed by atoms with E-state index in [2.05, 4.69) is 0 Å². The number of carbonyl (C=O) groups is 1. The maximum absolute atomic E-state index is 12.6. The van der Waals surface area contributed by atoms with Gasteiger partial charge >= 0.3 is 0 Å². The Balaban J connectivity index is 2.23. The third-order valence-electron chi connectivity index (χ3n) is 3.10. The fraction of sp³-hybridized carbons (Fsp3) is 0.188. The van der Waals surface area contributed by atoms with Gasteiger partial charge in [-0.2, -0.15) is 0 Å². The van der Waals surface area contributed by atoms with E-state index in [1.807, 2.05) is 30.3 Å². The Morgan fingerprint density at radius 1 is 1.19 bits per heavy atom. The summed E-state index contributed by atoms with van der Waals surface area (Å²) in [5, 5.41) is 9.49. The molecule has 2 rings (SSSR count). The molecule has 0 heterocycles. The molecule has 2 aromatic rings. The van der Waals surface area contributed by atoms with Gasteiger partial charge in [0.1, 0.15) is 0 Å². The second-order valence-electron chi connectivity index (χ2n) is 4.68. The molecule has 0 aliphatic rings. The predicted molar refractivity (Wildman–Crippen MR) is 84.1 cm³/mol. The summed E-state index contributed by atoms with van der Waals surface area (Å²) in [6.07, 6.45) is 0. The number of anilines is 1. The molecular weight excluding hydrogens is 288 g/mol. The highest BCUT2D eigenvalue weighted by atomic mass is 35.5. The molecule has 0 saturated heterocycles. The van der Waals surface area contributed by atoms with E-state index < -0.39 is 0 Å². The van der Waals surface area contributed by atoms with Crippen molar-refractivity contribution in [3.63, 3.8) is 0 Å². The standard InChI is InChI=1S/C16H17ClN2O2/c17-15-10-13(18)6-7-14(15)16(21)19(8-9-20)11-12-4-2-1-3-5-12/h1-7,10,20H,8-9,11,18H2. The number of amides is 1. The zero-order valence-electron chi connectivity index (χ0n) is 11.5. The lowest BCUT2D eigenvalue weighted by molar-refractivity contribution is 0.0708. The molecule has 110 valence electrons. The number of hydrogen-bond donors (Lipinski definition) is 2. The normalized spacial score (nSPS) is 10.4. The van der Waals surface area contributed by atoms with Crippen LogP contribution in [0.1, 0.15) is 15.9 Å². The molecule has 4 nitrogen and oxygen atoms in total. The number of hydrogen-bond acceptors (Lipinski definition) is 3. The number of nitrogen functional groups attached to an aromatic ring is 1. The molecule has 0 aliphatic heterocycles. The first-order valence-electron chi connectivity index (χ1n) is 6.61. The second kappa shape index (κ2) is 7.11. The van der Waals surface area contributed by atoms with Gasteiger partial charge in [0.2, 0.25) is 0 Å². The number of carbonyl (C=O) groups excluding carboxylic acids is 1. The summed E-state index contributed by atoms with van der Waals surface area (Å²) in [5.41, 5.74) is 7.52. The molecule has 1 amide bonds. The first-order valence-corrected chi connectivity index (χ1v) is 6.98. The molecule has 0 saturated carbocycles. The lowest BCUT2D eigenvalue weighted by Gasteiger charge is -2.22. The minimum Gasteiger partial charge on any atom is -0.399 e. The van der Waals surface area contributed by atoms with Gasteiger partial charge in [-0.3, -0.25) is 4.79 Å². The van der Waals surface area contributed by atoms with Crippen LogP contribution in [0.15, 0.2) is 48.5 Å². The number of nitrogens with two attached hydrogens (primary N) is 1. The van der Waals surface area contributed by atoms with Crippen molar-refractivity contribution in [1.82, 2.24) is 4.90 Å². The van der Waals surface area contributed by atoms with Crippen molar-refractivity contribution in [2.24, 2.45) is 0 Å². The van der Waals surface area contributed by atoms with Crippen LogP contribution in [0.3, 0.4) is 0 Å². The minimum atomic E-state index is -0.224. The first kappa shape index (κ1) is 15.4. The average Bonchev–Trinajstić information content (AvgIpc) is 2.47. The van der Waals surface area contributed by atoms with E-state index >= 15 is 0 Å². The number of benzene rings is 2. The summed E-state index contributed by atoms with van der Waals surface area (Å²) in [5.74, 6) is -0.224. The summed E-state index contributed by atoms with van der Waals surface area (Å²) in [6, 6.07) is 14.4. The number of nitrogens with zero attached hydrogens (tertiary/aromatic N) is 1. The monoisotopic (exact) mass is 304 g/mol. The van der Waals surface area contributed by atoms with Crippen molar-refractivity contribution < 1.29 is 9.90 Å². The molecule has 3 N–H and O–H groups in total. The van der Waals surface area contributed by atoms with E-state index in [1.165, 1.54) is 0 Å².